The van der Waals surface area contributed by atoms with Crippen molar-refractivity contribution in [2.75, 3.05) is 7.05 Å². The molecule has 5 nitrogen and oxygen atoms in total. The van der Waals surface area contributed by atoms with Crippen molar-refractivity contribution >= 4 is 12.1 Å². The predicted octanol–water partition coefficient (Wildman–Crippen LogP) is 3.36. The highest BCUT2D eigenvalue weighted by molar-refractivity contribution is 5.81. The zero-order chi connectivity index (χ0) is 17.7. The lowest BCUT2D eigenvalue weighted by atomic mass is 10.1. The van der Waals surface area contributed by atoms with Gasteiger partial charge in [-0.1, -0.05) is 30.3 Å². The molecular formula is C17H15F2NO4. The molecule has 0 aliphatic carbocycles. The number of halogens is 2. The van der Waals surface area contributed by atoms with Gasteiger partial charge in [0.15, 0.2) is 6.04 Å². The largest absolute Gasteiger partial charge is 0.479 e. The Kier molecular flexibility index (Phi) is 5.47. The summed E-state index contributed by atoms with van der Waals surface area (Å²) in [5.41, 5.74) is 0.254. The number of carbonyl (C=O) groups is 2. The first kappa shape index (κ1) is 17.4. The van der Waals surface area contributed by atoms with E-state index >= 15 is 0 Å². The van der Waals surface area contributed by atoms with Crippen LogP contribution in [0.4, 0.5) is 13.6 Å². The summed E-state index contributed by atoms with van der Waals surface area (Å²) in [6.07, 6.45) is -0.963. The molecule has 0 aromatic heterocycles. The molecule has 0 saturated heterocycles. The Bertz CT molecular complexity index is 737. The van der Waals surface area contributed by atoms with E-state index in [2.05, 4.69) is 0 Å². The van der Waals surface area contributed by atoms with Crippen LogP contribution in [0.2, 0.25) is 0 Å². The van der Waals surface area contributed by atoms with Crippen molar-refractivity contribution in [3.05, 3.63) is 71.3 Å². The van der Waals surface area contributed by atoms with Crippen molar-refractivity contribution < 1.29 is 28.2 Å². The van der Waals surface area contributed by atoms with E-state index in [-0.39, 0.29) is 6.61 Å². The monoisotopic (exact) mass is 335 g/mol. The summed E-state index contributed by atoms with van der Waals surface area (Å²) in [7, 11) is 1.15. The smallest absolute Gasteiger partial charge is 0.410 e. The molecule has 2 aromatic rings. The molecule has 0 radical (unpaired) electrons. The lowest BCUT2D eigenvalue weighted by Crippen LogP contribution is -2.36. The maximum atomic E-state index is 13.8. The van der Waals surface area contributed by atoms with Crippen molar-refractivity contribution in [3.8, 4) is 0 Å². The minimum absolute atomic E-state index is 0.0675. The number of benzene rings is 2. The van der Waals surface area contributed by atoms with Gasteiger partial charge in [0.25, 0.3) is 0 Å². The van der Waals surface area contributed by atoms with Crippen LogP contribution in [-0.2, 0) is 16.1 Å². The van der Waals surface area contributed by atoms with E-state index in [1.54, 1.807) is 30.3 Å². The fourth-order valence-corrected chi connectivity index (χ4v) is 2.16. The maximum absolute atomic E-state index is 13.8. The number of hydrogen-bond donors (Lipinski definition) is 1. The number of likely N-dealkylation sites (N-methyl/N-ethyl adjacent to an activating group) is 1. The van der Waals surface area contributed by atoms with Crippen molar-refractivity contribution in [3.63, 3.8) is 0 Å². The van der Waals surface area contributed by atoms with Crippen LogP contribution < -0.4 is 0 Å². The standard InChI is InChI=1S/C17H15F2NO4/c1-20(17(23)24-10-11-5-3-2-4-6-11)15(16(21)22)13-9-12(18)7-8-14(13)19/h2-9,15H,10H2,1H3,(H,21,22). The Hall–Kier alpha value is -2.96. The van der Waals surface area contributed by atoms with Crippen LogP contribution in [0.1, 0.15) is 17.2 Å². The van der Waals surface area contributed by atoms with Crippen molar-refractivity contribution in [2.24, 2.45) is 0 Å². The molecule has 7 heteroatoms. The van der Waals surface area contributed by atoms with Gasteiger partial charge in [-0.25, -0.2) is 18.4 Å². The molecular weight excluding hydrogens is 320 g/mol. The number of nitrogens with zero attached hydrogens (tertiary/aromatic N) is 1. The average molecular weight is 335 g/mol. The summed E-state index contributed by atoms with van der Waals surface area (Å²) in [6, 6.07) is 9.49. The van der Waals surface area contributed by atoms with Crippen LogP contribution in [-0.4, -0.2) is 29.1 Å². The van der Waals surface area contributed by atoms with E-state index < -0.39 is 35.3 Å². The first-order valence-electron chi connectivity index (χ1n) is 7.01. The van der Waals surface area contributed by atoms with Crippen molar-refractivity contribution in [2.45, 2.75) is 12.6 Å². The van der Waals surface area contributed by atoms with Gasteiger partial charge in [-0.2, -0.15) is 0 Å². The molecule has 1 atom stereocenters. The van der Waals surface area contributed by atoms with Gasteiger partial charge in [0.1, 0.15) is 18.2 Å². The number of amides is 1. The molecule has 1 N–H and O–H groups in total. The molecule has 0 bridgehead atoms. The van der Waals surface area contributed by atoms with Gasteiger partial charge in [0.05, 0.1) is 0 Å². The van der Waals surface area contributed by atoms with Gasteiger partial charge in [-0.05, 0) is 23.8 Å². The second-order valence-corrected chi connectivity index (χ2v) is 5.06. The highest BCUT2D eigenvalue weighted by Gasteiger charge is 2.32. The molecule has 0 aliphatic rings. The topological polar surface area (TPSA) is 66.8 Å². The van der Waals surface area contributed by atoms with Crippen LogP contribution in [0, 0.1) is 11.6 Å². The molecule has 24 heavy (non-hydrogen) atoms. The fourth-order valence-electron chi connectivity index (χ4n) is 2.16. The summed E-state index contributed by atoms with van der Waals surface area (Å²) >= 11 is 0. The van der Waals surface area contributed by atoms with E-state index in [1.807, 2.05) is 0 Å². The third-order valence-corrected chi connectivity index (χ3v) is 3.37. The molecule has 1 unspecified atom stereocenters. The zero-order valence-electron chi connectivity index (χ0n) is 12.8. The second kappa shape index (κ2) is 7.54. The number of carboxylic acid groups (broad SMARTS) is 1. The lowest BCUT2D eigenvalue weighted by molar-refractivity contribution is -0.142. The highest BCUT2D eigenvalue weighted by Crippen LogP contribution is 2.24. The number of rotatable bonds is 5. The summed E-state index contributed by atoms with van der Waals surface area (Å²) < 4.78 is 32.2. The van der Waals surface area contributed by atoms with Gasteiger partial charge in [0, 0.05) is 12.6 Å². The molecule has 2 rings (SSSR count). The van der Waals surface area contributed by atoms with Crippen LogP contribution in [0.3, 0.4) is 0 Å². The number of ether oxygens (including phenoxy) is 1. The molecule has 0 aliphatic heterocycles. The van der Waals surface area contributed by atoms with Crippen LogP contribution >= 0.6 is 0 Å². The van der Waals surface area contributed by atoms with E-state index in [4.69, 9.17) is 4.74 Å². The highest BCUT2D eigenvalue weighted by atomic mass is 19.1. The number of carbonyl (C=O) groups excluding carboxylic acids is 1. The third-order valence-electron chi connectivity index (χ3n) is 3.37. The van der Waals surface area contributed by atoms with Gasteiger partial charge in [-0.3, -0.25) is 4.90 Å². The van der Waals surface area contributed by atoms with Gasteiger partial charge in [0.2, 0.25) is 0 Å². The number of hydrogen-bond acceptors (Lipinski definition) is 3. The summed E-state index contributed by atoms with van der Waals surface area (Å²) in [5.74, 6) is -3.23. The van der Waals surface area contributed by atoms with E-state index in [0.717, 1.165) is 25.2 Å². The number of carboxylic acids is 1. The van der Waals surface area contributed by atoms with E-state index in [0.29, 0.717) is 10.5 Å². The second-order valence-electron chi connectivity index (χ2n) is 5.06. The Morgan fingerprint density at radius 3 is 2.46 bits per heavy atom. The first-order chi connectivity index (χ1) is 11.4. The van der Waals surface area contributed by atoms with Crippen LogP contribution in [0.25, 0.3) is 0 Å². The lowest BCUT2D eigenvalue weighted by Gasteiger charge is -2.24. The SMILES string of the molecule is CN(C(=O)OCc1ccccc1)C(C(=O)O)c1cc(F)ccc1F. The Labute approximate surface area is 137 Å². The van der Waals surface area contributed by atoms with Crippen molar-refractivity contribution in [1.82, 2.24) is 4.90 Å². The minimum Gasteiger partial charge on any atom is -0.479 e. The van der Waals surface area contributed by atoms with Crippen LogP contribution in [0.5, 0.6) is 0 Å². The molecule has 2 aromatic carbocycles. The zero-order valence-corrected chi connectivity index (χ0v) is 12.8. The van der Waals surface area contributed by atoms with Gasteiger partial charge >= 0.3 is 12.1 Å². The Balaban J connectivity index is 2.16. The molecule has 0 saturated carbocycles. The Morgan fingerprint density at radius 2 is 1.83 bits per heavy atom. The third kappa shape index (κ3) is 4.07. The molecule has 0 fully saturated rings. The summed E-state index contributed by atoms with van der Waals surface area (Å²) in [6.45, 7) is -0.0675. The predicted molar refractivity (Wildman–Crippen MR) is 81.1 cm³/mol. The Morgan fingerprint density at radius 1 is 1.17 bits per heavy atom. The first-order valence-corrected chi connectivity index (χ1v) is 7.01. The van der Waals surface area contributed by atoms with Gasteiger partial charge in [-0.15, -0.1) is 0 Å². The summed E-state index contributed by atoms with van der Waals surface area (Å²) in [4.78, 5) is 24.2. The van der Waals surface area contributed by atoms with Gasteiger partial charge < -0.3 is 9.84 Å². The maximum Gasteiger partial charge on any atom is 0.410 e. The normalized spacial score (nSPS) is 11.6. The molecule has 1 amide bonds. The minimum atomic E-state index is -1.70. The number of aliphatic carboxylic acids is 1. The molecule has 0 heterocycles. The van der Waals surface area contributed by atoms with Crippen molar-refractivity contribution in [1.29, 1.82) is 0 Å². The average Bonchev–Trinajstić information content (AvgIpc) is 2.56. The van der Waals surface area contributed by atoms with Crippen LogP contribution in [0.15, 0.2) is 48.5 Å². The summed E-state index contributed by atoms with van der Waals surface area (Å²) in [5, 5.41) is 9.31. The van der Waals surface area contributed by atoms with E-state index in [1.165, 1.54) is 0 Å². The van der Waals surface area contributed by atoms with E-state index in [9.17, 15) is 23.5 Å². The molecule has 0 spiro atoms. The quantitative estimate of drug-likeness (QED) is 0.910. The molecule has 126 valence electrons. The fraction of sp³-hybridized carbons (Fsp3) is 0.176.